The molecule has 5 nitrogen and oxygen atoms in total. The zero-order chi connectivity index (χ0) is 14.0. The molecule has 0 unspecified atom stereocenters. The van der Waals surface area contributed by atoms with Gasteiger partial charge in [-0.1, -0.05) is 0 Å². The summed E-state index contributed by atoms with van der Waals surface area (Å²) >= 11 is 0. The topological polar surface area (TPSA) is 69.4 Å². The molecule has 102 valence electrons. The van der Waals surface area contributed by atoms with E-state index in [-0.39, 0.29) is 6.04 Å². The van der Waals surface area contributed by atoms with Gasteiger partial charge in [-0.05, 0) is 19.9 Å². The summed E-state index contributed by atoms with van der Waals surface area (Å²) in [4.78, 5) is 4.35. The van der Waals surface area contributed by atoms with Gasteiger partial charge in [-0.15, -0.1) is 0 Å². The van der Waals surface area contributed by atoms with Crippen LogP contribution in [0.5, 0.6) is 11.5 Å². The molecule has 1 heterocycles. The Balaban J connectivity index is 2.76. The van der Waals surface area contributed by atoms with Gasteiger partial charge in [0.05, 0.1) is 19.6 Å². The zero-order valence-corrected chi connectivity index (χ0v) is 11.7. The molecule has 0 aliphatic heterocycles. The fourth-order valence-corrected chi connectivity index (χ4v) is 2.10. The van der Waals surface area contributed by atoms with Gasteiger partial charge in [0.1, 0.15) is 5.82 Å². The number of nitrogens with zero attached hydrogens (tertiary/aromatic N) is 1. The Bertz CT molecular complexity index is 597. The lowest BCUT2D eigenvalue weighted by molar-refractivity contribution is 0.359. The predicted octanol–water partition coefficient (Wildman–Crippen LogP) is 2.65. The van der Waals surface area contributed by atoms with Gasteiger partial charge in [-0.25, -0.2) is 4.98 Å². The smallest absolute Gasteiger partial charge is 0.168 e. The van der Waals surface area contributed by atoms with E-state index in [1.165, 1.54) is 0 Å². The average Bonchev–Trinajstić information content (AvgIpc) is 2.37. The quantitative estimate of drug-likeness (QED) is 0.828. The molecule has 0 radical (unpaired) electrons. The summed E-state index contributed by atoms with van der Waals surface area (Å²) < 4.78 is 10.7. The van der Waals surface area contributed by atoms with E-state index in [9.17, 15) is 0 Å². The van der Waals surface area contributed by atoms with Crippen LogP contribution in [0, 0.1) is 0 Å². The van der Waals surface area contributed by atoms with Gasteiger partial charge < -0.3 is 20.5 Å². The highest BCUT2D eigenvalue weighted by atomic mass is 16.5. The number of benzene rings is 1. The zero-order valence-electron chi connectivity index (χ0n) is 11.7. The summed E-state index contributed by atoms with van der Waals surface area (Å²) in [6.45, 7) is 4.11. The van der Waals surface area contributed by atoms with Crippen LogP contribution in [-0.4, -0.2) is 25.2 Å². The minimum absolute atomic E-state index is 0.269. The van der Waals surface area contributed by atoms with Crippen molar-refractivity contribution in [3.63, 3.8) is 0 Å². The second-order valence-corrected chi connectivity index (χ2v) is 4.58. The predicted molar refractivity (Wildman–Crippen MR) is 78.0 cm³/mol. The Hall–Kier alpha value is -2.17. The maximum atomic E-state index is 6.12. The Labute approximate surface area is 112 Å². The first-order valence-corrected chi connectivity index (χ1v) is 6.14. The summed E-state index contributed by atoms with van der Waals surface area (Å²) in [5.74, 6) is 2.04. The molecular weight excluding hydrogens is 242 g/mol. The number of hydrogen-bond acceptors (Lipinski definition) is 5. The molecule has 1 aromatic carbocycles. The molecule has 0 amide bonds. The van der Waals surface area contributed by atoms with E-state index in [1.807, 2.05) is 6.07 Å². The number of methoxy groups -OCH3 is 2. The van der Waals surface area contributed by atoms with Gasteiger partial charge in [-0.3, -0.25) is 0 Å². The first-order valence-electron chi connectivity index (χ1n) is 6.14. The first kappa shape index (κ1) is 13.3. The third-order valence-corrected chi connectivity index (χ3v) is 2.84. The standard InChI is InChI=1S/C14H19N3O2/c1-8(2)17-14-12-9(5-6-16-14)13(19-4)11(18-3)7-10(12)15/h5-8H,15H2,1-4H3,(H,16,17). The molecule has 0 fully saturated rings. The molecule has 0 saturated carbocycles. The van der Waals surface area contributed by atoms with Crippen molar-refractivity contribution in [1.82, 2.24) is 4.98 Å². The van der Waals surface area contributed by atoms with Crippen LogP contribution in [0.15, 0.2) is 18.3 Å². The third kappa shape index (κ3) is 2.36. The van der Waals surface area contributed by atoms with Crippen molar-refractivity contribution < 1.29 is 9.47 Å². The van der Waals surface area contributed by atoms with Crippen LogP contribution >= 0.6 is 0 Å². The number of nitrogens with one attached hydrogen (secondary N) is 1. The van der Waals surface area contributed by atoms with Crippen LogP contribution < -0.4 is 20.5 Å². The van der Waals surface area contributed by atoms with Gasteiger partial charge in [0.25, 0.3) is 0 Å². The molecule has 0 aliphatic rings. The molecule has 0 saturated heterocycles. The van der Waals surface area contributed by atoms with Crippen molar-refractivity contribution in [1.29, 1.82) is 0 Å². The number of nitrogen functional groups attached to an aromatic ring is 1. The normalized spacial score (nSPS) is 10.8. The number of anilines is 2. The molecule has 0 atom stereocenters. The number of rotatable bonds is 4. The van der Waals surface area contributed by atoms with Crippen molar-refractivity contribution >= 4 is 22.3 Å². The Morgan fingerprint density at radius 1 is 1.26 bits per heavy atom. The summed E-state index contributed by atoms with van der Waals surface area (Å²) in [5.41, 5.74) is 6.73. The highest BCUT2D eigenvalue weighted by Crippen LogP contribution is 2.41. The Morgan fingerprint density at radius 2 is 2.00 bits per heavy atom. The molecule has 0 aliphatic carbocycles. The third-order valence-electron chi connectivity index (χ3n) is 2.84. The fourth-order valence-electron chi connectivity index (χ4n) is 2.10. The van der Waals surface area contributed by atoms with Gasteiger partial charge in [0, 0.05) is 29.4 Å². The van der Waals surface area contributed by atoms with E-state index in [0.717, 1.165) is 16.6 Å². The van der Waals surface area contributed by atoms with Crippen LogP contribution in [0.2, 0.25) is 0 Å². The maximum absolute atomic E-state index is 6.12. The van der Waals surface area contributed by atoms with Crippen molar-refractivity contribution in [3.8, 4) is 11.5 Å². The molecule has 2 rings (SSSR count). The second kappa shape index (κ2) is 5.22. The van der Waals surface area contributed by atoms with Crippen molar-refractivity contribution in [2.45, 2.75) is 19.9 Å². The molecule has 5 heteroatoms. The van der Waals surface area contributed by atoms with Gasteiger partial charge in [0.15, 0.2) is 11.5 Å². The van der Waals surface area contributed by atoms with Crippen molar-refractivity contribution in [2.24, 2.45) is 0 Å². The lowest BCUT2D eigenvalue weighted by Crippen LogP contribution is -2.12. The van der Waals surface area contributed by atoms with Gasteiger partial charge in [-0.2, -0.15) is 0 Å². The van der Waals surface area contributed by atoms with Crippen LogP contribution in [0.3, 0.4) is 0 Å². The van der Waals surface area contributed by atoms with Crippen molar-refractivity contribution in [3.05, 3.63) is 18.3 Å². The average molecular weight is 261 g/mol. The molecular formula is C14H19N3O2. The molecule has 19 heavy (non-hydrogen) atoms. The fraction of sp³-hybridized carbons (Fsp3) is 0.357. The van der Waals surface area contributed by atoms with Gasteiger partial charge in [0.2, 0.25) is 0 Å². The number of nitrogens with two attached hydrogens (primary N) is 1. The summed E-state index contributed by atoms with van der Waals surface area (Å²) in [7, 11) is 3.21. The Morgan fingerprint density at radius 3 is 2.58 bits per heavy atom. The van der Waals surface area contributed by atoms with Crippen molar-refractivity contribution in [2.75, 3.05) is 25.3 Å². The first-order chi connectivity index (χ1) is 9.08. The molecule has 0 bridgehead atoms. The van der Waals surface area contributed by atoms with Crippen LogP contribution in [-0.2, 0) is 0 Å². The van der Waals surface area contributed by atoms with Crippen LogP contribution in [0.1, 0.15) is 13.8 Å². The number of hydrogen-bond donors (Lipinski definition) is 2. The lowest BCUT2D eigenvalue weighted by Gasteiger charge is -2.16. The lowest BCUT2D eigenvalue weighted by atomic mass is 10.1. The largest absolute Gasteiger partial charge is 0.493 e. The monoisotopic (exact) mass is 261 g/mol. The molecule has 2 aromatic rings. The second-order valence-electron chi connectivity index (χ2n) is 4.58. The van der Waals surface area contributed by atoms with Crippen LogP contribution in [0.25, 0.3) is 10.8 Å². The molecule has 0 spiro atoms. The molecule has 1 aromatic heterocycles. The molecule has 3 N–H and O–H groups in total. The van der Waals surface area contributed by atoms with E-state index in [4.69, 9.17) is 15.2 Å². The minimum Gasteiger partial charge on any atom is -0.493 e. The maximum Gasteiger partial charge on any atom is 0.168 e. The highest BCUT2D eigenvalue weighted by molar-refractivity contribution is 6.05. The van der Waals surface area contributed by atoms with E-state index in [1.54, 1.807) is 26.5 Å². The summed E-state index contributed by atoms with van der Waals surface area (Å²) in [5, 5.41) is 5.03. The highest BCUT2D eigenvalue weighted by Gasteiger charge is 2.15. The van der Waals surface area contributed by atoms with E-state index >= 15 is 0 Å². The van der Waals surface area contributed by atoms with E-state index < -0.39 is 0 Å². The number of pyridine rings is 1. The van der Waals surface area contributed by atoms with Crippen LogP contribution in [0.4, 0.5) is 11.5 Å². The number of aromatic nitrogens is 1. The summed E-state index contributed by atoms with van der Waals surface area (Å²) in [6.07, 6.45) is 1.73. The Kier molecular flexibility index (Phi) is 3.64. The SMILES string of the molecule is COc1cc(N)c2c(NC(C)C)nccc2c1OC. The summed E-state index contributed by atoms with van der Waals surface area (Å²) in [6, 6.07) is 3.90. The minimum atomic E-state index is 0.269. The van der Waals surface area contributed by atoms with E-state index in [0.29, 0.717) is 17.2 Å². The number of fused-ring (bicyclic) bond motifs is 1. The van der Waals surface area contributed by atoms with Gasteiger partial charge >= 0.3 is 0 Å². The number of ether oxygens (including phenoxy) is 2. The van der Waals surface area contributed by atoms with E-state index in [2.05, 4.69) is 24.1 Å².